The van der Waals surface area contributed by atoms with Crippen molar-refractivity contribution in [3.63, 3.8) is 0 Å². The molecule has 0 aliphatic carbocycles. The van der Waals surface area contributed by atoms with Crippen LogP contribution >= 0.6 is 0 Å². The fraction of sp³-hybridized carbons (Fsp3) is 0.533. The summed E-state index contributed by atoms with van der Waals surface area (Å²) in [5.41, 5.74) is 2.60. The molecule has 18 heavy (non-hydrogen) atoms. The Kier molecular flexibility index (Phi) is 4.37. The maximum absolute atomic E-state index is 12.1. The van der Waals surface area contributed by atoms with Gasteiger partial charge in [0.1, 0.15) is 0 Å². The molecule has 0 radical (unpaired) electrons. The van der Waals surface area contributed by atoms with Gasteiger partial charge in [-0.25, -0.2) is 0 Å². The Labute approximate surface area is 109 Å². The molecular weight excluding hydrogens is 224 g/mol. The summed E-state index contributed by atoms with van der Waals surface area (Å²) in [5.74, 6) is 0.676. The number of fused-ring (bicyclic) bond motifs is 1. The van der Waals surface area contributed by atoms with E-state index < -0.39 is 0 Å². The first-order valence-electron chi connectivity index (χ1n) is 6.78. The molecule has 1 aromatic rings. The smallest absolute Gasteiger partial charge is 0.237 e. The van der Waals surface area contributed by atoms with Gasteiger partial charge in [0.15, 0.2) is 0 Å². The molecule has 0 saturated carbocycles. The van der Waals surface area contributed by atoms with Crippen molar-refractivity contribution in [2.75, 3.05) is 6.54 Å². The van der Waals surface area contributed by atoms with Crippen LogP contribution in [0.5, 0.6) is 0 Å². The SMILES string of the molecule is CCC(C)CNC(=O)C1Cc2ccccc2CN1. The van der Waals surface area contributed by atoms with Crippen molar-refractivity contribution >= 4 is 5.91 Å². The second-order valence-electron chi connectivity index (χ2n) is 5.16. The maximum Gasteiger partial charge on any atom is 0.237 e. The predicted molar refractivity (Wildman–Crippen MR) is 73.2 cm³/mol. The number of hydrogen-bond donors (Lipinski definition) is 2. The highest BCUT2D eigenvalue weighted by Crippen LogP contribution is 2.16. The van der Waals surface area contributed by atoms with Crippen molar-refractivity contribution in [3.05, 3.63) is 35.4 Å². The van der Waals surface area contributed by atoms with Crippen LogP contribution in [0.1, 0.15) is 31.4 Å². The summed E-state index contributed by atoms with van der Waals surface area (Å²) in [7, 11) is 0. The van der Waals surface area contributed by atoms with Crippen LogP contribution in [0.3, 0.4) is 0 Å². The van der Waals surface area contributed by atoms with E-state index in [-0.39, 0.29) is 11.9 Å². The van der Waals surface area contributed by atoms with Crippen LogP contribution in [0.15, 0.2) is 24.3 Å². The Morgan fingerprint density at radius 1 is 1.44 bits per heavy atom. The van der Waals surface area contributed by atoms with Crippen molar-refractivity contribution in [2.24, 2.45) is 5.92 Å². The lowest BCUT2D eigenvalue weighted by molar-refractivity contribution is -0.123. The first-order chi connectivity index (χ1) is 8.70. The topological polar surface area (TPSA) is 41.1 Å². The van der Waals surface area contributed by atoms with Crippen molar-refractivity contribution < 1.29 is 4.79 Å². The van der Waals surface area contributed by atoms with E-state index in [1.165, 1.54) is 11.1 Å². The third-order valence-electron chi connectivity index (χ3n) is 3.72. The summed E-state index contributed by atoms with van der Waals surface area (Å²) in [6.07, 6.45) is 1.89. The van der Waals surface area contributed by atoms with Crippen molar-refractivity contribution in [1.29, 1.82) is 0 Å². The van der Waals surface area contributed by atoms with Crippen molar-refractivity contribution in [2.45, 2.75) is 39.3 Å². The Balaban J connectivity index is 1.90. The van der Waals surface area contributed by atoms with Gasteiger partial charge >= 0.3 is 0 Å². The van der Waals surface area contributed by atoms with Crippen molar-refractivity contribution in [1.82, 2.24) is 10.6 Å². The van der Waals surface area contributed by atoms with Gasteiger partial charge in [-0.3, -0.25) is 4.79 Å². The summed E-state index contributed by atoms with van der Waals surface area (Å²) in [5, 5.41) is 6.34. The van der Waals surface area contributed by atoms with Crippen LogP contribution in [0, 0.1) is 5.92 Å². The van der Waals surface area contributed by atoms with Gasteiger partial charge in [0.05, 0.1) is 6.04 Å². The van der Waals surface area contributed by atoms with E-state index in [0.29, 0.717) is 5.92 Å². The average molecular weight is 246 g/mol. The number of amides is 1. The number of hydrogen-bond acceptors (Lipinski definition) is 2. The molecule has 1 aliphatic rings. The monoisotopic (exact) mass is 246 g/mol. The molecule has 0 aromatic heterocycles. The minimum atomic E-state index is -0.0797. The summed E-state index contributed by atoms with van der Waals surface area (Å²) < 4.78 is 0. The van der Waals surface area contributed by atoms with Gasteiger partial charge in [0.25, 0.3) is 0 Å². The number of benzene rings is 1. The Bertz CT molecular complexity index is 417. The molecule has 1 heterocycles. The Hall–Kier alpha value is -1.35. The molecule has 0 saturated heterocycles. The van der Waals surface area contributed by atoms with Crippen molar-refractivity contribution in [3.8, 4) is 0 Å². The van der Waals surface area contributed by atoms with Crippen LogP contribution in [-0.2, 0) is 17.8 Å². The van der Waals surface area contributed by atoms with E-state index >= 15 is 0 Å². The summed E-state index contributed by atoms with van der Waals surface area (Å²) >= 11 is 0. The van der Waals surface area contributed by atoms with Gasteiger partial charge in [-0.2, -0.15) is 0 Å². The molecule has 3 heteroatoms. The van der Waals surface area contributed by atoms with E-state index in [1.54, 1.807) is 0 Å². The second kappa shape index (κ2) is 6.01. The second-order valence-corrected chi connectivity index (χ2v) is 5.16. The fourth-order valence-electron chi connectivity index (χ4n) is 2.18. The zero-order valence-electron chi connectivity index (χ0n) is 11.2. The zero-order chi connectivity index (χ0) is 13.0. The molecule has 1 aliphatic heterocycles. The van der Waals surface area contributed by atoms with Crippen LogP contribution in [-0.4, -0.2) is 18.5 Å². The number of carbonyl (C=O) groups is 1. The Morgan fingerprint density at radius 2 is 2.17 bits per heavy atom. The first kappa shape index (κ1) is 13.1. The third-order valence-corrected chi connectivity index (χ3v) is 3.72. The molecule has 0 spiro atoms. The lowest BCUT2D eigenvalue weighted by Gasteiger charge is -2.25. The molecule has 0 bridgehead atoms. The maximum atomic E-state index is 12.1. The quantitative estimate of drug-likeness (QED) is 0.851. The molecule has 0 fully saturated rings. The lowest BCUT2D eigenvalue weighted by atomic mass is 9.95. The molecule has 2 rings (SSSR count). The number of carbonyl (C=O) groups excluding carboxylic acids is 1. The fourth-order valence-corrected chi connectivity index (χ4v) is 2.18. The minimum absolute atomic E-state index is 0.0797. The molecule has 3 nitrogen and oxygen atoms in total. The zero-order valence-corrected chi connectivity index (χ0v) is 11.2. The summed E-state index contributed by atoms with van der Waals surface area (Å²) in [4.78, 5) is 12.1. The van der Waals surface area contributed by atoms with Crippen LogP contribution in [0.4, 0.5) is 0 Å². The summed E-state index contributed by atoms with van der Waals surface area (Å²) in [6, 6.07) is 8.24. The molecule has 2 unspecified atom stereocenters. The van der Waals surface area contributed by atoms with Gasteiger partial charge in [-0.05, 0) is 23.5 Å². The van der Waals surface area contributed by atoms with Crippen LogP contribution in [0.25, 0.3) is 0 Å². The van der Waals surface area contributed by atoms with E-state index in [2.05, 4.69) is 36.6 Å². The van der Waals surface area contributed by atoms with Gasteiger partial charge in [-0.1, -0.05) is 44.5 Å². The number of rotatable bonds is 4. The third kappa shape index (κ3) is 3.10. The molecular formula is C15H22N2O. The normalized spacial score (nSPS) is 20.0. The highest BCUT2D eigenvalue weighted by Gasteiger charge is 2.23. The van der Waals surface area contributed by atoms with Gasteiger partial charge in [0.2, 0.25) is 5.91 Å². The van der Waals surface area contributed by atoms with Gasteiger partial charge in [0, 0.05) is 13.1 Å². The van der Waals surface area contributed by atoms with Gasteiger partial charge in [-0.15, -0.1) is 0 Å². The van der Waals surface area contributed by atoms with Gasteiger partial charge < -0.3 is 10.6 Å². The van der Waals surface area contributed by atoms with E-state index in [4.69, 9.17) is 0 Å². The molecule has 2 N–H and O–H groups in total. The molecule has 2 atom stereocenters. The van der Waals surface area contributed by atoms with E-state index in [1.807, 2.05) is 12.1 Å². The highest BCUT2D eigenvalue weighted by molar-refractivity contribution is 5.82. The largest absolute Gasteiger partial charge is 0.354 e. The van der Waals surface area contributed by atoms with E-state index in [9.17, 15) is 4.79 Å². The highest BCUT2D eigenvalue weighted by atomic mass is 16.2. The van der Waals surface area contributed by atoms with E-state index in [0.717, 1.165) is 25.9 Å². The van der Waals surface area contributed by atoms with Crippen LogP contribution in [0.2, 0.25) is 0 Å². The average Bonchev–Trinajstić information content (AvgIpc) is 2.43. The minimum Gasteiger partial charge on any atom is -0.354 e. The molecule has 1 aromatic carbocycles. The first-order valence-corrected chi connectivity index (χ1v) is 6.78. The molecule has 98 valence electrons. The Morgan fingerprint density at radius 3 is 2.89 bits per heavy atom. The summed E-state index contributed by atoms with van der Waals surface area (Å²) in [6.45, 7) is 5.86. The molecule has 1 amide bonds. The predicted octanol–water partition coefficient (Wildman–Crippen LogP) is 1.86. The number of nitrogens with one attached hydrogen (secondary N) is 2. The van der Waals surface area contributed by atoms with Crippen LogP contribution < -0.4 is 10.6 Å². The lowest BCUT2D eigenvalue weighted by Crippen LogP contribution is -2.48. The standard InChI is InChI=1S/C15H22N2O/c1-3-11(2)9-17-15(18)14-8-12-6-4-5-7-13(12)10-16-14/h4-7,11,14,16H,3,8-10H2,1-2H3,(H,17,18).